The summed E-state index contributed by atoms with van der Waals surface area (Å²) in [7, 11) is 1.53. The van der Waals surface area contributed by atoms with Gasteiger partial charge in [0.25, 0.3) is 11.8 Å². The SMILES string of the molecule is COc1ccccc1-c1nnc(NC(=O)c2cc3c(ccc4ccccc43)oc2=O)o1. The summed E-state index contributed by atoms with van der Waals surface area (Å²) in [5.41, 5.74) is 0.0526. The largest absolute Gasteiger partial charge is 0.496 e. The number of rotatable bonds is 4. The second-order valence-corrected chi connectivity index (χ2v) is 6.71. The number of carbonyl (C=O) groups excluding carboxylic acids is 1. The molecule has 31 heavy (non-hydrogen) atoms. The van der Waals surface area contributed by atoms with Crippen LogP contribution in [0.5, 0.6) is 5.75 Å². The van der Waals surface area contributed by atoms with Gasteiger partial charge in [-0.2, -0.15) is 0 Å². The van der Waals surface area contributed by atoms with Crippen molar-refractivity contribution in [2.45, 2.75) is 0 Å². The summed E-state index contributed by atoms with van der Waals surface area (Å²) in [4.78, 5) is 25.2. The summed E-state index contributed by atoms with van der Waals surface area (Å²) < 4.78 is 16.2. The van der Waals surface area contributed by atoms with Crippen molar-refractivity contribution in [1.29, 1.82) is 0 Å². The van der Waals surface area contributed by atoms with Gasteiger partial charge in [0.05, 0.1) is 12.7 Å². The van der Waals surface area contributed by atoms with E-state index in [0.29, 0.717) is 22.3 Å². The van der Waals surface area contributed by atoms with Gasteiger partial charge in [-0.15, -0.1) is 5.10 Å². The highest BCUT2D eigenvalue weighted by atomic mass is 16.5. The number of aromatic nitrogens is 2. The highest BCUT2D eigenvalue weighted by Gasteiger charge is 2.19. The van der Waals surface area contributed by atoms with Crippen LogP contribution in [0.2, 0.25) is 0 Å². The van der Waals surface area contributed by atoms with E-state index in [2.05, 4.69) is 15.5 Å². The third-order valence-electron chi connectivity index (χ3n) is 4.87. The molecule has 2 aromatic heterocycles. The number of hydrogen-bond donors (Lipinski definition) is 1. The molecule has 0 aliphatic heterocycles. The standard InChI is InChI=1S/C23H15N3O5/c1-29-18-9-5-4-8-15(18)21-25-26-23(31-21)24-20(27)17-12-16-14-7-3-2-6-13(14)10-11-19(16)30-22(17)28/h2-12H,1H3,(H,24,26,27). The molecule has 0 fully saturated rings. The van der Waals surface area contributed by atoms with Gasteiger partial charge >= 0.3 is 11.6 Å². The molecule has 0 saturated carbocycles. The Bertz CT molecular complexity index is 1500. The first-order valence-electron chi connectivity index (χ1n) is 9.38. The Kier molecular flexibility index (Phi) is 4.44. The Morgan fingerprint density at radius 2 is 1.74 bits per heavy atom. The lowest BCUT2D eigenvalue weighted by Crippen LogP contribution is -2.20. The van der Waals surface area contributed by atoms with Crippen LogP contribution in [0.3, 0.4) is 0 Å². The van der Waals surface area contributed by atoms with E-state index < -0.39 is 11.5 Å². The molecule has 0 spiro atoms. The number of nitrogens with zero attached hydrogens (tertiary/aromatic N) is 2. The molecule has 0 saturated heterocycles. The minimum atomic E-state index is -0.759. The van der Waals surface area contributed by atoms with E-state index in [4.69, 9.17) is 13.6 Å². The minimum absolute atomic E-state index is 0.150. The monoisotopic (exact) mass is 413 g/mol. The number of nitrogens with one attached hydrogen (secondary N) is 1. The fourth-order valence-electron chi connectivity index (χ4n) is 3.40. The fourth-order valence-corrected chi connectivity index (χ4v) is 3.40. The fraction of sp³-hybridized carbons (Fsp3) is 0.0435. The number of fused-ring (bicyclic) bond motifs is 3. The molecule has 2 heterocycles. The van der Waals surface area contributed by atoms with Gasteiger partial charge < -0.3 is 13.6 Å². The van der Waals surface area contributed by atoms with Gasteiger partial charge in [-0.25, -0.2) is 4.79 Å². The van der Waals surface area contributed by atoms with Crippen LogP contribution in [-0.4, -0.2) is 23.2 Å². The van der Waals surface area contributed by atoms with Gasteiger partial charge in [0.1, 0.15) is 16.9 Å². The Morgan fingerprint density at radius 1 is 0.935 bits per heavy atom. The van der Waals surface area contributed by atoms with Crippen LogP contribution in [0, 0.1) is 0 Å². The molecule has 0 bridgehead atoms. The zero-order valence-corrected chi connectivity index (χ0v) is 16.3. The van der Waals surface area contributed by atoms with Gasteiger partial charge in [-0.05, 0) is 35.0 Å². The number of benzene rings is 3. The Balaban J connectivity index is 1.50. The van der Waals surface area contributed by atoms with E-state index in [9.17, 15) is 9.59 Å². The van der Waals surface area contributed by atoms with Crippen molar-refractivity contribution in [3.8, 4) is 17.2 Å². The summed E-state index contributed by atoms with van der Waals surface area (Å²) in [5.74, 6) is 0.00850. The number of anilines is 1. The van der Waals surface area contributed by atoms with Crippen molar-refractivity contribution in [1.82, 2.24) is 10.2 Å². The van der Waals surface area contributed by atoms with Crippen molar-refractivity contribution in [3.63, 3.8) is 0 Å². The van der Waals surface area contributed by atoms with Gasteiger partial charge in [-0.1, -0.05) is 47.6 Å². The van der Waals surface area contributed by atoms with E-state index in [1.165, 1.54) is 13.2 Å². The molecular formula is C23H15N3O5. The van der Waals surface area contributed by atoms with Crippen LogP contribution < -0.4 is 15.7 Å². The van der Waals surface area contributed by atoms with Crippen LogP contribution in [-0.2, 0) is 0 Å². The van der Waals surface area contributed by atoms with E-state index in [1.807, 2.05) is 36.4 Å². The zero-order chi connectivity index (χ0) is 21.4. The number of carbonyl (C=O) groups is 1. The average Bonchev–Trinajstić information content (AvgIpc) is 3.26. The lowest BCUT2D eigenvalue weighted by molar-refractivity contribution is 0.102. The Labute approximate surface area is 175 Å². The van der Waals surface area contributed by atoms with Crippen molar-refractivity contribution in [3.05, 3.63) is 82.7 Å². The highest BCUT2D eigenvalue weighted by molar-refractivity contribution is 6.10. The minimum Gasteiger partial charge on any atom is -0.496 e. The molecule has 1 amide bonds. The summed E-state index contributed by atoms with van der Waals surface area (Å²) >= 11 is 0. The summed E-state index contributed by atoms with van der Waals surface area (Å²) in [6.45, 7) is 0. The Morgan fingerprint density at radius 3 is 2.61 bits per heavy atom. The molecule has 3 aromatic carbocycles. The maximum atomic E-state index is 12.8. The summed E-state index contributed by atoms with van der Waals surface area (Å²) in [5, 5.41) is 12.7. The normalized spacial score (nSPS) is 11.0. The second kappa shape index (κ2) is 7.42. The number of ether oxygens (including phenoxy) is 1. The van der Waals surface area contributed by atoms with E-state index in [0.717, 1.165) is 10.8 Å². The van der Waals surface area contributed by atoms with E-state index in [-0.39, 0.29) is 17.5 Å². The van der Waals surface area contributed by atoms with Crippen molar-refractivity contribution < 1.29 is 18.4 Å². The first kappa shape index (κ1) is 18.6. The summed E-state index contributed by atoms with van der Waals surface area (Å²) in [6, 6.07) is 19.7. The van der Waals surface area contributed by atoms with E-state index >= 15 is 0 Å². The molecule has 1 N–H and O–H groups in total. The average molecular weight is 413 g/mol. The Hall–Kier alpha value is -4.46. The molecule has 0 atom stereocenters. The molecule has 0 radical (unpaired) electrons. The van der Waals surface area contributed by atoms with Gasteiger partial charge in [0.15, 0.2) is 0 Å². The zero-order valence-electron chi connectivity index (χ0n) is 16.3. The maximum Gasteiger partial charge on any atom is 0.349 e. The van der Waals surface area contributed by atoms with Gasteiger partial charge in [0.2, 0.25) is 0 Å². The van der Waals surface area contributed by atoms with Crippen molar-refractivity contribution in [2.75, 3.05) is 12.4 Å². The lowest BCUT2D eigenvalue weighted by atomic mass is 10.0. The number of amides is 1. The maximum absolute atomic E-state index is 12.8. The second-order valence-electron chi connectivity index (χ2n) is 6.71. The molecule has 0 aliphatic carbocycles. The number of hydrogen-bond acceptors (Lipinski definition) is 7. The van der Waals surface area contributed by atoms with Crippen LogP contribution in [0.15, 0.2) is 80.4 Å². The topological polar surface area (TPSA) is 107 Å². The van der Waals surface area contributed by atoms with E-state index in [1.54, 1.807) is 24.3 Å². The first-order valence-corrected chi connectivity index (χ1v) is 9.38. The smallest absolute Gasteiger partial charge is 0.349 e. The molecule has 8 heteroatoms. The van der Waals surface area contributed by atoms with Crippen LogP contribution >= 0.6 is 0 Å². The molecule has 5 rings (SSSR count). The van der Waals surface area contributed by atoms with Crippen LogP contribution in [0.4, 0.5) is 6.01 Å². The third kappa shape index (κ3) is 3.29. The molecule has 0 aliphatic rings. The number of methoxy groups -OCH3 is 1. The van der Waals surface area contributed by atoms with Crippen LogP contribution in [0.25, 0.3) is 33.2 Å². The van der Waals surface area contributed by atoms with Crippen molar-refractivity contribution >= 4 is 33.7 Å². The van der Waals surface area contributed by atoms with Crippen LogP contribution in [0.1, 0.15) is 10.4 Å². The third-order valence-corrected chi connectivity index (χ3v) is 4.87. The summed E-state index contributed by atoms with van der Waals surface area (Å²) in [6.07, 6.45) is 0. The molecule has 152 valence electrons. The number of para-hydroxylation sites is 1. The first-order chi connectivity index (χ1) is 15.1. The molecule has 0 unspecified atom stereocenters. The molecule has 8 nitrogen and oxygen atoms in total. The van der Waals surface area contributed by atoms with Gasteiger partial charge in [-0.3, -0.25) is 10.1 Å². The quantitative estimate of drug-likeness (QED) is 0.346. The van der Waals surface area contributed by atoms with Crippen molar-refractivity contribution in [2.24, 2.45) is 0 Å². The lowest BCUT2D eigenvalue weighted by Gasteiger charge is -2.05. The predicted molar refractivity (Wildman–Crippen MR) is 114 cm³/mol. The predicted octanol–water partition coefficient (Wildman–Crippen LogP) is 4.26. The van der Waals surface area contributed by atoms with Gasteiger partial charge in [0, 0.05) is 5.39 Å². The molecule has 5 aromatic rings. The highest BCUT2D eigenvalue weighted by Crippen LogP contribution is 2.29. The molecular weight excluding hydrogens is 398 g/mol.